The highest BCUT2D eigenvalue weighted by Crippen LogP contribution is 2.48. The first-order chi connectivity index (χ1) is 13.6. The number of halogens is 1. The zero-order valence-electron chi connectivity index (χ0n) is 15.3. The van der Waals surface area contributed by atoms with Crippen LogP contribution in [0.25, 0.3) is 0 Å². The molecule has 3 aromatic carbocycles. The van der Waals surface area contributed by atoms with Crippen LogP contribution in [0.1, 0.15) is 40.9 Å². The molecule has 0 amide bonds. The second-order valence-corrected chi connectivity index (χ2v) is 8.14. The standard InChI is InChI=1S/C23H19BrN2O2/c1-14-6-8-15(9-7-14)19-13-20-17-4-2-3-5-22(17)28-23(26(20)25-19)18-12-16(24)10-11-21(18)27/h2-12,20,23,27H,13H2,1H3. The van der Waals surface area contributed by atoms with Gasteiger partial charge in [0.05, 0.1) is 17.3 Å². The van der Waals surface area contributed by atoms with Gasteiger partial charge in [0.2, 0.25) is 6.23 Å². The van der Waals surface area contributed by atoms with Crippen LogP contribution in [0.15, 0.2) is 76.3 Å². The highest BCUT2D eigenvalue weighted by molar-refractivity contribution is 9.10. The van der Waals surface area contributed by atoms with Crippen LogP contribution in [-0.4, -0.2) is 15.8 Å². The fourth-order valence-corrected chi connectivity index (χ4v) is 4.26. The summed E-state index contributed by atoms with van der Waals surface area (Å²) >= 11 is 3.50. The summed E-state index contributed by atoms with van der Waals surface area (Å²) in [5.74, 6) is 1.04. The molecule has 2 atom stereocenters. The second kappa shape index (κ2) is 6.67. The zero-order chi connectivity index (χ0) is 19.3. The first-order valence-corrected chi connectivity index (χ1v) is 10.1. The van der Waals surface area contributed by atoms with Crippen molar-refractivity contribution in [2.75, 3.05) is 0 Å². The van der Waals surface area contributed by atoms with Crippen molar-refractivity contribution in [3.8, 4) is 11.5 Å². The number of para-hydroxylation sites is 1. The molecule has 2 unspecified atom stereocenters. The lowest BCUT2D eigenvalue weighted by Crippen LogP contribution is -2.33. The molecule has 0 fully saturated rings. The molecule has 0 bridgehead atoms. The number of hydrazone groups is 1. The van der Waals surface area contributed by atoms with Crippen LogP contribution in [0.5, 0.6) is 11.5 Å². The molecule has 28 heavy (non-hydrogen) atoms. The van der Waals surface area contributed by atoms with Crippen LogP contribution in [0.3, 0.4) is 0 Å². The summed E-state index contributed by atoms with van der Waals surface area (Å²) < 4.78 is 7.20. The summed E-state index contributed by atoms with van der Waals surface area (Å²) in [6.45, 7) is 2.08. The predicted octanol–water partition coefficient (Wildman–Crippen LogP) is 5.71. The Balaban J connectivity index is 1.62. The van der Waals surface area contributed by atoms with Gasteiger partial charge in [0, 0.05) is 16.5 Å². The molecule has 5 heteroatoms. The Kier molecular flexibility index (Phi) is 4.13. The lowest BCUT2D eigenvalue weighted by Gasteiger charge is -2.38. The molecule has 4 nitrogen and oxygen atoms in total. The lowest BCUT2D eigenvalue weighted by molar-refractivity contribution is -0.0203. The number of nitrogens with zero attached hydrogens (tertiary/aromatic N) is 2. The normalized spacial score (nSPS) is 20.2. The fraction of sp³-hybridized carbons (Fsp3) is 0.174. The zero-order valence-corrected chi connectivity index (χ0v) is 16.9. The highest BCUT2D eigenvalue weighted by Gasteiger charge is 2.41. The van der Waals surface area contributed by atoms with Crippen molar-refractivity contribution in [3.05, 3.63) is 93.5 Å². The van der Waals surface area contributed by atoms with E-state index >= 15 is 0 Å². The second-order valence-electron chi connectivity index (χ2n) is 7.22. The van der Waals surface area contributed by atoms with Gasteiger partial charge >= 0.3 is 0 Å². The van der Waals surface area contributed by atoms with Gasteiger partial charge in [-0.2, -0.15) is 5.10 Å². The summed E-state index contributed by atoms with van der Waals surface area (Å²) in [6, 6.07) is 22.0. The van der Waals surface area contributed by atoms with E-state index in [1.165, 1.54) is 5.56 Å². The minimum absolute atomic E-state index is 0.0737. The Morgan fingerprint density at radius 3 is 2.64 bits per heavy atom. The van der Waals surface area contributed by atoms with Gasteiger partial charge in [-0.15, -0.1) is 0 Å². The quantitative estimate of drug-likeness (QED) is 0.561. The number of hydrogen-bond acceptors (Lipinski definition) is 4. The topological polar surface area (TPSA) is 45.1 Å². The van der Waals surface area contributed by atoms with Crippen molar-refractivity contribution in [3.63, 3.8) is 0 Å². The monoisotopic (exact) mass is 434 g/mol. The van der Waals surface area contributed by atoms with Gasteiger partial charge in [-0.05, 0) is 36.8 Å². The van der Waals surface area contributed by atoms with E-state index in [9.17, 15) is 5.11 Å². The molecule has 5 rings (SSSR count). The summed E-state index contributed by atoms with van der Waals surface area (Å²) in [7, 11) is 0. The number of rotatable bonds is 2. The van der Waals surface area contributed by atoms with Crippen LogP contribution >= 0.6 is 15.9 Å². The molecule has 0 radical (unpaired) electrons. The average molecular weight is 435 g/mol. The van der Waals surface area contributed by atoms with Crippen LogP contribution in [0.4, 0.5) is 0 Å². The first kappa shape index (κ1) is 17.3. The van der Waals surface area contributed by atoms with Gasteiger partial charge in [0.15, 0.2) is 0 Å². The van der Waals surface area contributed by atoms with E-state index in [1.54, 1.807) is 6.07 Å². The molecule has 2 aliphatic heterocycles. The van der Waals surface area contributed by atoms with Gasteiger partial charge in [0.1, 0.15) is 11.5 Å². The fourth-order valence-electron chi connectivity index (χ4n) is 3.88. The highest BCUT2D eigenvalue weighted by atomic mass is 79.9. The molecule has 0 aliphatic carbocycles. The number of hydrogen-bond donors (Lipinski definition) is 1. The number of aromatic hydroxyl groups is 1. The third kappa shape index (κ3) is 2.87. The van der Waals surface area contributed by atoms with Gasteiger partial charge in [-0.25, -0.2) is 5.01 Å². The SMILES string of the molecule is Cc1ccc(C2=NN3C(C2)c2ccccc2OC3c2cc(Br)ccc2O)cc1. The number of benzene rings is 3. The van der Waals surface area contributed by atoms with E-state index < -0.39 is 6.23 Å². The van der Waals surface area contributed by atoms with Crippen molar-refractivity contribution in [1.29, 1.82) is 0 Å². The van der Waals surface area contributed by atoms with Crippen LogP contribution in [0, 0.1) is 6.92 Å². The largest absolute Gasteiger partial charge is 0.507 e. The molecule has 1 N–H and O–H groups in total. The molecule has 0 saturated heterocycles. The van der Waals surface area contributed by atoms with Gasteiger partial charge < -0.3 is 9.84 Å². The molecule has 0 saturated carbocycles. The van der Waals surface area contributed by atoms with Crippen molar-refractivity contribution in [2.45, 2.75) is 25.6 Å². The molecule has 3 aromatic rings. The van der Waals surface area contributed by atoms with Crippen LogP contribution in [0.2, 0.25) is 0 Å². The number of phenolic OH excluding ortho intramolecular Hbond substituents is 1. The Morgan fingerprint density at radius 2 is 1.82 bits per heavy atom. The Hall–Kier alpha value is -2.79. The maximum atomic E-state index is 10.5. The molecule has 140 valence electrons. The maximum Gasteiger partial charge on any atom is 0.217 e. The van der Waals surface area contributed by atoms with Crippen molar-refractivity contribution < 1.29 is 9.84 Å². The minimum Gasteiger partial charge on any atom is -0.507 e. The Bertz CT molecular complexity index is 1080. The maximum absolute atomic E-state index is 10.5. The van der Waals surface area contributed by atoms with Crippen LogP contribution < -0.4 is 4.74 Å². The van der Waals surface area contributed by atoms with Crippen molar-refractivity contribution >= 4 is 21.6 Å². The number of aryl methyl sites for hydroxylation is 1. The predicted molar refractivity (Wildman–Crippen MR) is 113 cm³/mol. The van der Waals surface area contributed by atoms with E-state index in [0.717, 1.165) is 33.5 Å². The van der Waals surface area contributed by atoms with E-state index in [-0.39, 0.29) is 11.8 Å². The van der Waals surface area contributed by atoms with E-state index in [1.807, 2.05) is 35.3 Å². The average Bonchev–Trinajstić information content (AvgIpc) is 3.15. The molecule has 0 aromatic heterocycles. The van der Waals surface area contributed by atoms with Gasteiger partial charge in [0.25, 0.3) is 0 Å². The molecular weight excluding hydrogens is 416 g/mol. The van der Waals surface area contributed by atoms with E-state index in [2.05, 4.69) is 53.2 Å². The third-order valence-electron chi connectivity index (χ3n) is 5.34. The van der Waals surface area contributed by atoms with E-state index in [4.69, 9.17) is 9.84 Å². The minimum atomic E-state index is -0.486. The third-order valence-corrected chi connectivity index (χ3v) is 5.83. The van der Waals surface area contributed by atoms with Crippen molar-refractivity contribution in [1.82, 2.24) is 5.01 Å². The smallest absolute Gasteiger partial charge is 0.217 e. The van der Waals surface area contributed by atoms with Crippen molar-refractivity contribution in [2.24, 2.45) is 5.10 Å². The van der Waals surface area contributed by atoms with E-state index in [0.29, 0.717) is 5.56 Å². The number of ether oxygens (including phenoxy) is 1. The Labute approximate surface area is 172 Å². The summed E-state index contributed by atoms with van der Waals surface area (Å²) in [6.07, 6.45) is 0.315. The molecule has 0 spiro atoms. The van der Waals surface area contributed by atoms with Crippen LogP contribution in [-0.2, 0) is 0 Å². The summed E-state index contributed by atoms with van der Waals surface area (Å²) in [5.41, 5.74) is 5.20. The summed E-state index contributed by atoms with van der Waals surface area (Å²) in [5, 5.41) is 17.4. The first-order valence-electron chi connectivity index (χ1n) is 9.27. The molecule has 2 heterocycles. The molecular formula is C23H19BrN2O2. The number of fused-ring (bicyclic) bond motifs is 3. The number of phenols is 1. The Morgan fingerprint density at radius 1 is 1.04 bits per heavy atom. The molecule has 2 aliphatic rings. The summed E-state index contributed by atoms with van der Waals surface area (Å²) in [4.78, 5) is 0. The lowest BCUT2D eigenvalue weighted by atomic mass is 9.95. The van der Waals surface area contributed by atoms with Gasteiger partial charge in [-0.3, -0.25) is 0 Å². The van der Waals surface area contributed by atoms with Gasteiger partial charge in [-0.1, -0.05) is 64.0 Å².